The molecule has 0 bridgehead atoms. The molecule has 0 aromatic heterocycles. The Hall–Kier alpha value is -0.401. The molecule has 0 atom stereocenters. The van der Waals surface area contributed by atoms with Crippen LogP contribution in [-0.2, 0) is 26.4 Å². The van der Waals surface area contributed by atoms with Crippen molar-refractivity contribution in [1.82, 2.24) is 5.59 Å². The fraction of sp³-hybridized carbons (Fsp3) is 0.286. The van der Waals surface area contributed by atoms with Gasteiger partial charge in [-0.3, -0.25) is 0 Å². The second-order valence-electron chi connectivity index (χ2n) is 1.28. The monoisotopic (exact) mass is 211 g/mol. The van der Waals surface area contributed by atoms with Gasteiger partial charge >= 0.3 is 22.6 Å². The molecule has 4 radical (unpaired) electrons. The molecule has 0 heterocycles. The van der Waals surface area contributed by atoms with Gasteiger partial charge in [-0.2, -0.15) is 0 Å². The van der Waals surface area contributed by atoms with Crippen molar-refractivity contribution in [2.24, 2.45) is 0 Å². The van der Waals surface area contributed by atoms with E-state index in [-0.39, 0.29) is 17.1 Å². The molecule has 0 aliphatic rings. The zero-order valence-electron chi connectivity index (χ0n) is 6.81. The molecule has 0 saturated heterocycles. The fourth-order valence-electron chi connectivity index (χ4n) is 0. The van der Waals surface area contributed by atoms with E-state index in [4.69, 9.17) is 19.8 Å². The van der Waals surface area contributed by atoms with Gasteiger partial charge < -0.3 is 0 Å². The first-order chi connectivity index (χ1) is 5.27. The van der Waals surface area contributed by atoms with Gasteiger partial charge in [-0.25, -0.2) is 0 Å². The van der Waals surface area contributed by atoms with Crippen LogP contribution in [0.25, 0.3) is 0 Å². The van der Waals surface area contributed by atoms with E-state index in [0.717, 1.165) is 0 Å². The Labute approximate surface area is 83.8 Å². The summed E-state index contributed by atoms with van der Waals surface area (Å²) in [5.74, 6) is 1.27. The molecular formula is C7H9FeNO3. The van der Waals surface area contributed by atoms with E-state index in [2.05, 4.69) is 20.2 Å². The van der Waals surface area contributed by atoms with Crippen LogP contribution in [0, 0.1) is 37.5 Å². The molecule has 4 nitrogen and oxygen atoms in total. The summed E-state index contributed by atoms with van der Waals surface area (Å²) < 4.78 is 15.0. The average molecular weight is 211 g/mol. The minimum absolute atomic E-state index is 0. The number of hydrogen-bond donors (Lipinski definition) is 0. The molecule has 0 N–H and O–H groups in total. The van der Waals surface area contributed by atoms with Crippen molar-refractivity contribution in [2.45, 2.75) is 13.8 Å². The van der Waals surface area contributed by atoms with E-state index in [0.29, 0.717) is 0 Å². The van der Waals surface area contributed by atoms with Gasteiger partial charge in [-0.05, 0) is 19.3 Å². The first-order valence-corrected chi connectivity index (χ1v) is 2.29. The summed E-state index contributed by atoms with van der Waals surface area (Å²) in [6, 6.07) is 0. The number of hydrogen-bond acceptors (Lipinski definition) is 1. The van der Waals surface area contributed by atoms with Gasteiger partial charge in [0, 0.05) is 17.1 Å². The predicted molar refractivity (Wildman–Crippen MR) is 37.6 cm³/mol. The Morgan fingerprint density at radius 2 is 1.33 bits per heavy atom. The van der Waals surface area contributed by atoms with Crippen molar-refractivity contribution in [3.05, 3.63) is 37.5 Å². The zero-order valence-corrected chi connectivity index (χ0v) is 7.91. The van der Waals surface area contributed by atoms with E-state index in [1.54, 1.807) is 0 Å². The van der Waals surface area contributed by atoms with Gasteiger partial charge in [-0.15, -0.1) is 4.91 Å². The number of rotatable bonds is 1. The fourth-order valence-corrected chi connectivity index (χ4v) is 0. The summed E-state index contributed by atoms with van der Waals surface area (Å²) in [4.78, 5) is 7.25. The molecule has 0 aromatic rings. The molecular weight excluding hydrogens is 202 g/mol. The van der Waals surface area contributed by atoms with Crippen molar-refractivity contribution < 1.29 is 26.4 Å². The largest absolute Gasteiger partial charge is 0.120 e. The van der Waals surface area contributed by atoms with Gasteiger partial charge in [0.25, 0.3) is 0 Å². The quantitative estimate of drug-likeness (QED) is 0.363. The van der Waals surface area contributed by atoms with Crippen molar-refractivity contribution in [1.29, 1.82) is 0 Å². The Kier molecular flexibility index (Phi) is 188. The minimum Gasteiger partial charge on any atom is -0.120 e. The molecule has 5 heteroatoms. The van der Waals surface area contributed by atoms with Crippen LogP contribution in [0.15, 0.2) is 0 Å². The summed E-state index contributed by atoms with van der Waals surface area (Å²) in [6.07, 6.45) is 1.83. The second kappa shape index (κ2) is 75.4. The summed E-state index contributed by atoms with van der Waals surface area (Å²) in [5, 5.41) is 0. The molecule has 0 amide bonds. The molecule has 68 valence electrons. The Bertz CT molecular complexity index is 77.2. The molecule has 0 spiro atoms. The number of nitrogens with zero attached hydrogens (tertiary/aromatic N) is 1. The van der Waals surface area contributed by atoms with Crippen LogP contribution in [-0.4, -0.2) is 0 Å². The van der Waals surface area contributed by atoms with Crippen LogP contribution < -0.4 is 5.59 Å². The van der Waals surface area contributed by atoms with Crippen molar-refractivity contribution in [2.75, 3.05) is 0 Å². The van der Waals surface area contributed by atoms with E-state index < -0.39 is 0 Å². The number of nitroso groups, excluding NO2 is 1. The minimum atomic E-state index is 0. The molecule has 0 fully saturated rings. The molecule has 0 saturated carbocycles. The van der Waals surface area contributed by atoms with Crippen LogP contribution in [0.2, 0.25) is 0 Å². The topological polar surface area (TPSA) is 79.2 Å². The van der Waals surface area contributed by atoms with E-state index >= 15 is 0 Å². The molecule has 0 aliphatic carbocycles. The first-order valence-electron chi connectivity index (χ1n) is 2.29. The smallest absolute Gasteiger partial charge is 0.120 e. The van der Waals surface area contributed by atoms with Crippen LogP contribution in [0.5, 0.6) is 0 Å². The molecule has 0 rings (SSSR count). The van der Waals surface area contributed by atoms with Crippen LogP contribution in [0.1, 0.15) is 13.8 Å². The van der Waals surface area contributed by atoms with Crippen molar-refractivity contribution in [3.63, 3.8) is 0 Å². The molecule has 0 aromatic carbocycles. The SMILES string of the molecule is [C-]#[O+].[C-]#[O+].[CH2][CH][C](C)C.[Fe].[N]=O. The Morgan fingerprint density at radius 3 is 1.33 bits per heavy atom. The van der Waals surface area contributed by atoms with Gasteiger partial charge in [0.1, 0.15) is 5.59 Å². The summed E-state index contributed by atoms with van der Waals surface area (Å²) in [5.41, 5.74) is 5.75. The third-order valence-corrected chi connectivity index (χ3v) is 0.408. The third kappa shape index (κ3) is 277. The third-order valence-electron chi connectivity index (χ3n) is 0.408. The molecule has 0 aliphatic heterocycles. The molecule has 0 unspecified atom stereocenters. The van der Waals surface area contributed by atoms with Crippen molar-refractivity contribution >= 4 is 0 Å². The van der Waals surface area contributed by atoms with Crippen molar-refractivity contribution in [3.8, 4) is 0 Å². The van der Waals surface area contributed by atoms with Crippen LogP contribution in [0.3, 0.4) is 0 Å². The summed E-state index contributed by atoms with van der Waals surface area (Å²) in [7, 11) is 0. The van der Waals surface area contributed by atoms with Gasteiger partial charge in [0.2, 0.25) is 0 Å². The van der Waals surface area contributed by atoms with E-state index in [9.17, 15) is 0 Å². The van der Waals surface area contributed by atoms with E-state index in [1.807, 2.05) is 20.3 Å². The summed E-state index contributed by atoms with van der Waals surface area (Å²) in [6.45, 7) is 16.6. The standard InChI is InChI=1S/C5H9.2CO.Fe.NO/c1-4-5(2)3;2*1-2;;1-2/h4H,1H2,2-3H3;;;;. The van der Waals surface area contributed by atoms with Gasteiger partial charge in [0.05, 0.1) is 0 Å². The molecule has 12 heavy (non-hydrogen) atoms. The van der Waals surface area contributed by atoms with Gasteiger partial charge in [-0.1, -0.05) is 13.8 Å². The summed E-state index contributed by atoms with van der Waals surface area (Å²) >= 11 is 0. The maximum atomic E-state index is 7.50. The maximum absolute atomic E-state index is 7.50. The first kappa shape index (κ1) is 29.9. The normalized spacial score (nSPS) is 4.67. The second-order valence-corrected chi connectivity index (χ2v) is 1.28. The van der Waals surface area contributed by atoms with Crippen LogP contribution in [0.4, 0.5) is 0 Å². The Morgan fingerprint density at radius 1 is 1.25 bits per heavy atom. The maximum Gasteiger partial charge on any atom is 0.120 e. The Balaban J connectivity index is -0.0000000203. The van der Waals surface area contributed by atoms with E-state index in [1.165, 1.54) is 5.92 Å². The van der Waals surface area contributed by atoms with Crippen LogP contribution >= 0.6 is 0 Å². The van der Waals surface area contributed by atoms with Gasteiger partial charge in [0.15, 0.2) is 0 Å². The average Bonchev–Trinajstić information content (AvgIpc) is 2.15. The zero-order chi connectivity index (χ0) is 10.3. The predicted octanol–water partition coefficient (Wildman–Crippen LogP) is 1.11.